The average molecular weight is 496 g/mol. The summed E-state index contributed by atoms with van der Waals surface area (Å²) in [6.45, 7) is 10.8. The highest BCUT2D eigenvalue weighted by molar-refractivity contribution is 5.68. The molecule has 196 valence electrons. The predicted molar refractivity (Wildman–Crippen MR) is 141 cm³/mol. The second-order valence-electron chi connectivity index (χ2n) is 11.0. The molecule has 36 heavy (non-hydrogen) atoms. The fraction of sp³-hybridized carbons (Fsp3) is 0.552. The molecule has 0 saturated carbocycles. The topological polar surface area (TPSA) is 74.3 Å². The van der Waals surface area contributed by atoms with Gasteiger partial charge in [0.15, 0.2) is 0 Å². The first-order chi connectivity index (χ1) is 17.2. The van der Waals surface area contributed by atoms with Gasteiger partial charge < -0.3 is 24.8 Å². The summed E-state index contributed by atoms with van der Waals surface area (Å²) in [6.07, 6.45) is 2.10. The quantitative estimate of drug-likeness (QED) is 0.577. The van der Waals surface area contributed by atoms with Crippen molar-refractivity contribution >= 4 is 6.09 Å². The average Bonchev–Trinajstić information content (AvgIpc) is 2.84. The van der Waals surface area contributed by atoms with Crippen molar-refractivity contribution in [3.8, 4) is 5.75 Å². The number of rotatable bonds is 8. The Hall–Kier alpha value is -2.61. The number of amides is 1. The maximum atomic E-state index is 12.2. The Labute approximate surface area is 215 Å². The van der Waals surface area contributed by atoms with E-state index >= 15 is 0 Å². The minimum absolute atomic E-state index is 0.101. The molecular weight excluding hydrogens is 454 g/mol. The molecule has 2 aromatic rings. The molecule has 1 atom stereocenters. The Balaban J connectivity index is 1.13. The third kappa shape index (κ3) is 7.95. The molecule has 0 aliphatic carbocycles. The lowest BCUT2D eigenvalue weighted by Gasteiger charge is -2.33. The van der Waals surface area contributed by atoms with Gasteiger partial charge in [0.2, 0.25) is 0 Å². The monoisotopic (exact) mass is 495 g/mol. The number of aliphatic hydroxyl groups excluding tert-OH is 1. The van der Waals surface area contributed by atoms with Crippen LogP contribution in [0.25, 0.3) is 0 Å². The fourth-order valence-corrected chi connectivity index (χ4v) is 4.82. The van der Waals surface area contributed by atoms with Crippen molar-refractivity contribution in [1.29, 1.82) is 0 Å². The van der Waals surface area contributed by atoms with Gasteiger partial charge in [-0.05, 0) is 56.0 Å². The summed E-state index contributed by atoms with van der Waals surface area (Å²) < 4.78 is 11.6. The summed E-state index contributed by atoms with van der Waals surface area (Å²) in [7, 11) is 0. The number of likely N-dealkylation sites (tertiary alicyclic amines) is 1. The van der Waals surface area contributed by atoms with Crippen molar-refractivity contribution in [2.24, 2.45) is 0 Å². The summed E-state index contributed by atoms with van der Waals surface area (Å²) in [5, 5.41) is 13.9. The highest BCUT2D eigenvalue weighted by Gasteiger charge is 2.27. The summed E-state index contributed by atoms with van der Waals surface area (Å²) in [6, 6.07) is 16.7. The van der Waals surface area contributed by atoms with Crippen LogP contribution >= 0.6 is 0 Å². The number of carbonyl (C=O) groups excluding carboxylic acids is 1. The Kier molecular flexibility index (Phi) is 8.88. The van der Waals surface area contributed by atoms with Gasteiger partial charge in [-0.2, -0.15) is 0 Å². The molecule has 2 aromatic carbocycles. The molecule has 4 rings (SSSR count). The Bertz CT molecular complexity index is 981. The third-order valence-corrected chi connectivity index (χ3v) is 6.71. The molecule has 0 spiro atoms. The molecule has 1 saturated heterocycles. The van der Waals surface area contributed by atoms with Crippen molar-refractivity contribution in [2.45, 2.75) is 70.9 Å². The van der Waals surface area contributed by atoms with E-state index in [-0.39, 0.29) is 12.2 Å². The molecule has 2 heterocycles. The zero-order valence-electron chi connectivity index (χ0n) is 21.9. The number of hydrogen-bond donors (Lipinski definition) is 2. The first kappa shape index (κ1) is 26.5. The van der Waals surface area contributed by atoms with Crippen molar-refractivity contribution in [3.63, 3.8) is 0 Å². The first-order valence-corrected chi connectivity index (χ1v) is 13.2. The summed E-state index contributed by atoms with van der Waals surface area (Å²) >= 11 is 0. The van der Waals surface area contributed by atoms with Crippen LogP contribution in [-0.4, -0.2) is 71.5 Å². The smallest absolute Gasteiger partial charge is 0.410 e. The van der Waals surface area contributed by atoms with Crippen LogP contribution in [0.4, 0.5) is 4.79 Å². The summed E-state index contributed by atoms with van der Waals surface area (Å²) in [5.74, 6) is 0.847. The van der Waals surface area contributed by atoms with E-state index < -0.39 is 11.7 Å². The standard InChI is InChI=1S/C29H41N3O4/c1-29(2,3)36-28(34)32-16-13-27(14-17-32)35-26-10-8-22(9-11-26)18-30-19-25(33)21-31-15-12-23-6-4-5-7-24(23)20-31/h4-11,25,27,30,33H,12-21H2,1-3H3. The van der Waals surface area contributed by atoms with Crippen LogP contribution in [-0.2, 0) is 24.2 Å². The number of hydrogen-bond acceptors (Lipinski definition) is 6. The van der Waals surface area contributed by atoms with Crippen molar-refractivity contribution in [2.75, 3.05) is 32.7 Å². The molecule has 7 heteroatoms. The molecule has 2 aliphatic rings. The van der Waals surface area contributed by atoms with E-state index in [0.717, 1.165) is 43.7 Å². The van der Waals surface area contributed by atoms with E-state index in [1.807, 2.05) is 32.9 Å². The number of carbonyl (C=O) groups is 1. The lowest BCUT2D eigenvalue weighted by molar-refractivity contribution is 0.0126. The van der Waals surface area contributed by atoms with Crippen molar-refractivity contribution in [3.05, 3.63) is 65.2 Å². The van der Waals surface area contributed by atoms with Gasteiger partial charge in [-0.1, -0.05) is 36.4 Å². The highest BCUT2D eigenvalue weighted by atomic mass is 16.6. The summed E-state index contributed by atoms with van der Waals surface area (Å²) in [4.78, 5) is 16.3. The van der Waals surface area contributed by atoms with Gasteiger partial charge in [-0.3, -0.25) is 4.90 Å². The predicted octanol–water partition coefficient (Wildman–Crippen LogP) is 3.97. The third-order valence-electron chi connectivity index (χ3n) is 6.71. The largest absolute Gasteiger partial charge is 0.490 e. The Morgan fingerprint density at radius 2 is 1.75 bits per heavy atom. The molecule has 2 N–H and O–H groups in total. The van der Waals surface area contributed by atoms with Crippen LogP contribution < -0.4 is 10.1 Å². The minimum atomic E-state index is -0.473. The molecule has 0 radical (unpaired) electrons. The number of ether oxygens (including phenoxy) is 2. The second kappa shape index (κ2) is 12.1. The van der Waals surface area contributed by atoms with Crippen molar-refractivity contribution < 1.29 is 19.4 Å². The van der Waals surface area contributed by atoms with E-state index in [9.17, 15) is 9.90 Å². The second-order valence-corrected chi connectivity index (χ2v) is 11.0. The van der Waals surface area contributed by atoms with Crippen LogP contribution in [0.15, 0.2) is 48.5 Å². The fourth-order valence-electron chi connectivity index (χ4n) is 4.82. The number of benzene rings is 2. The highest BCUT2D eigenvalue weighted by Crippen LogP contribution is 2.21. The van der Waals surface area contributed by atoms with Gasteiger partial charge in [0.1, 0.15) is 17.5 Å². The van der Waals surface area contributed by atoms with Gasteiger partial charge in [0, 0.05) is 58.7 Å². The van der Waals surface area contributed by atoms with Crippen LogP contribution in [0.2, 0.25) is 0 Å². The molecule has 0 bridgehead atoms. The zero-order chi connectivity index (χ0) is 25.5. The molecule has 1 amide bonds. The van der Waals surface area contributed by atoms with Gasteiger partial charge in [-0.25, -0.2) is 4.79 Å². The Morgan fingerprint density at radius 3 is 2.44 bits per heavy atom. The van der Waals surface area contributed by atoms with Gasteiger partial charge in [0.25, 0.3) is 0 Å². The number of nitrogens with zero attached hydrogens (tertiary/aromatic N) is 2. The van der Waals surface area contributed by atoms with Gasteiger partial charge in [0.05, 0.1) is 6.10 Å². The Morgan fingerprint density at radius 1 is 1.06 bits per heavy atom. The SMILES string of the molecule is CC(C)(C)OC(=O)N1CCC(Oc2ccc(CNCC(O)CN3CCc4ccccc4C3)cc2)CC1. The molecule has 7 nitrogen and oxygen atoms in total. The lowest BCUT2D eigenvalue weighted by Crippen LogP contribution is -2.44. The number of β-amino-alcohol motifs (C(OH)–C–C–N with tert-alkyl or cyclic N) is 1. The van der Waals surface area contributed by atoms with Gasteiger partial charge >= 0.3 is 6.09 Å². The van der Waals surface area contributed by atoms with Crippen LogP contribution in [0, 0.1) is 0 Å². The molecule has 2 aliphatic heterocycles. The minimum Gasteiger partial charge on any atom is -0.490 e. The van der Waals surface area contributed by atoms with E-state index in [4.69, 9.17) is 9.47 Å². The first-order valence-electron chi connectivity index (χ1n) is 13.2. The molecule has 1 unspecified atom stereocenters. The van der Waals surface area contributed by atoms with Gasteiger partial charge in [-0.15, -0.1) is 0 Å². The summed E-state index contributed by atoms with van der Waals surface area (Å²) in [5.41, 5.74) is 3.49. The number of aliphatic hydroxyl groups is 1. The normalized spacial score (nSPS) is 17.9. The van der Waals surface area contributed by atoms with E-state index in [2.05, 4.69) is 46.6 Å². The lowest BCUT2D eigenvalue weighted by atomic mass is 10.00. The maximum Gasteiger partial charge on any atom is 0.410 e. The van der Waals surface area contributed by atoms with E-state index in [0.29, 0.717) is 32.7 Å². The number of piperidine rings is 1. The van der Waals surface area contributed by atoms with E-state index in [1.54, 1.807) is 4.90 Å². The number of nitrogens with one attached hydrogen (secondary N) is 1. The van der Waals surface area contributed by atoms with Crippen LogP contribution in [0.3, 0.4) is 0 Å². The zero-order valence-corrected chi connectivity index (χ0v) is 21.9. The number of fused-ring (bicyclic) bond motifs is 1. The van der Waals surface area contributed by atoms with E-state index in [1.165, 1.54) is 11.1 Å². The van der Waals surface area contributed by atoms with Crippen molar-refractivity contribution in [1.82, 2.24) is 15.1 Å². The molecule has 0 aromatic heterocycles. The van der Waals surface area contributed by atoms with Crippen LogP contribution in [0.1, 0.15) is 50.3 Å². The van der Waals surface area contributed by atoms with Crippen LogP contribution in [0.5, 0.6) is 5.75 Å². The molecule has 1 fully saturated rings. The maximum absolute atomic E-state index is 12.2. The molecular formula is C29H41N3O4.